The molecule has 178 valence electrons. The molecule has 1 fully saturated rings. The number of aliphatic hydroxyl groups is 1. The van der Waals surface area contributed by atoms with Crippen molar-refractivity contribution >= 4 is 23.4 Å². The largest absolute Gasteiger partial charge is 0.507 e. The fourth-order valence-corrected chi connectivity index (χ4v) is 4.25. The Kier molecular flexibility index (Phi) is 6.68. The standard InChI is InChI=1S/C28H25NO6/c1-17-7-4-5-10-22(17)24-23(25(30)20-8-6-9-21(15-20)34-2)26(31)27(32)29(24)16-18-11-13-19(14-12-18)28(33)35-3/h4-15,24,30H,16H2,1-3H3/b25-23+. The van der Waals surface area contributed by atoms with E-state index in [4.69, 9.17) is 9.47 Å². The van der Waals surface area contributed by atoms with E-state index in [1.54, 1.807) is 48.5 Å². The van der Waals surface area contributed by atoms with Crippen molar-refractivity contribution in [1.82, 2.24) is 4.90 Å². The van der Waals surface area contributed by atoms with Crippen LogP contribution in [0, 0.1) is 6.92 Å². The Balaban J connectivity index is 1.82. The summed E-state index contributed by atoms with van der Waals surface area (Å²) in [5.74, 6) is -1.68. The number of benzene rings is 3. The maximum atomic E-state index is 13.3. The maximum absolute atomic E-state index is 13.3. The highest BCUT2D eigenvalue weighted by Crippen LogP contribution is 2.41. The fourth-order valence-electron chi connectivity index (χ4n) is 4.25. The number of esters is 1. The van der Waals surface area contributed by atoms with Crippen LogP contribution in [0.3, 0.4) is 0 Å². The molecular weight excluding hydrogens is 446 g/mol. The molecule has 3 aromatic rings. The molecule has 1 saturated heterocycles. The van der Waals surface area contributed by atoms with Gasteiger partial charge in [0.2, 0.25) is 0 Å². The highest BCUT2D eigenvalue weighted by molar-refractivity contribution is 6.46. The van der Waals surface area contributed by atoms with E-state index in [0.717, 1.165) is 16.7 Å². The van der Waals surface area contributed by atoms with Crippen molar-refractivity contribution < 1.29 is 29.0 Å². The van der Waals surface area contributed by atoms with Crippen LogP contribution in [0.5, 0.6) is 5.75 Å². The molecule has 3 aromatic carbocycles. The smallest absolute Gasteiger partial charge is 0.337 e. The van der Waals surface area contributed by atoms with Gasteiger partial charge in [-0.15, -0.1) is 0 Å². The van der Waals surface area contributed by atoms with E-state index in [0.29, 0.717) is 16.9 Å². The number of likely N-dealkylation sites (tertiary alicyclic amines) is 1. The normalized spacial score (nSPS) is 16.9. The average Bonchev–Trinajstić information content (AvgIpc) is 3.13. The molecule has 0 bridgehead atoms. The van der Waals surface area contributed by atoms with Gasteiger partial charge in [-0.3, -0.25) is 9.59 Å². The molecule has 1 amide bonds. The maximum Gasteiger partial charge on any atom is 0.337 e. The predicted molar refractivity (Wildman–Crippen MR) is 130 cm³/mol. The van der Waals surface area contributed by atoms with Crippen molar-refractivity contribution in [3.05, 3.63) is 106 Å². The molecule has 0 spiro atoms. The fraction of sp³-hybridized carbons (Fsp3) is 0.179. The van der Waals surface area contributed by atoms with Gasteiger partial charge in [0.25, 0.3) is 11.7 Å². The summed E-state index contributed by atoms with van der Waals surface area (Å²) in [4.78, 5) is 39.7. The number of amides is 1. The molecule has 4 rings (SSSR count). The summed E-state index contributed by atoms with van der Waals surface area (Å²) in [5, 5.41) is 11.2. The summed E-state index contributed by atoms with van der Waals surface area (Å²) < 4.78 is 9.99. The van der Waals surface area contributed by atoms with Crippen molar-refractivity contribution in [3.8, 4) is 5.75 Å². The van der Waals surface area contributed by atoms with Crippen LogP contribution in [0.4, 0.5) is 0 Å². The van der Waals surface area contributed by atoms with Crippen LogP contribution in [0.1, 0.15) is 38.7 Å². The number of aryl methyl sites for hydroxylation is 1. The molecule has 1 unspecified atom stereocenters. The number of methoxy groups -OCH3 is 2. The predicted octanol–water partition coefficient (Wildman–Crippen LogP) is 4.41. The van der Waals surface area contributed by atoms with Crippen LogP contribution in [-0.2, 0) is 20.9 Å². The minimum absolute atomic E-state index is 0.0173. The zero-order valence-electron chi connectivity index (χ0n) is 19.6. The van der Waals surface area contributed by atoms with E-state index in [1.165, 1.54) is 19.1 Å². The van der Waals surface area contributed by atoms with Gasteiger partial charge < -0.3 is 19.5 Å². The lowest BCUT2D eigenvalue weighted by atomic mass is 9.92. The Morgan fingerprint density at radius 1 is 0.943 bits per heavy atom. The number of hydrogen-bond acceptors (Lipinski definition) is 6. The monoisotopic (exact) mass is 471 g/mol. The molecular formula is C28H25NO6. The summed E-state index contributed by atoms with van der Waals surface area (Å²) in [5.41, 5.74) is 3.11. The topological polar surface area (TPSA) is 93.1 Å². The summed E-state index contributed by atoms with van der Waals surface area (Å²) in [6, 6.07) is 20.0. The molecule has 1 N–H and O–H groups in total. The number of ketones is 1. The third kappa shape index (κ3) is 4.53. The van der Waals surface area contributed by atoms with Gasteiger partial charge in [-0.1, -0.05) is 48.5 Å². The van der Waals surface area contributed by atoms with Gasteiger partial charge in [0.05, 0.1) is 31.4 Å². The lowest BCUT2D eigenvalue weighted by molar-refractivity contribution is -0.140. The molecule has 1 aliphatic heterocycles. The molecule has 1 aliphatic rings. The molecule has 0 saturated carbocycles. The number of aliphatic hydroxyl groups excluding tert-OH is 1. The van der Waals surface area contributed by atoms with Gasteiger partial charge in [-0.2, -0.15) is 0 Å². The van der Waals surface area contributed by atoms with Gasteiger partial charge in [-0.25, -0.2) is 4.79 Å². The molecule has 7 heteroatoms. The van der Waals surface area contributed by atoms with Crippen molar-refractivity contribution in [3.63, 3.8) is 0 Å². The first kappa shape index (κ1) is 23.8. The molecule has 7 nitrogen and oxygen atoms in total. The van der Waals surface area contributed by atoms with Crippen LogP contribution >= 0.6 is 0 Å². The quantitative estimate of drug-likeness (QED) is 0.248. The zero-order chi connectivity index (χ0) is 25.1. The Hall–Kier alpha value is -4.39. The van der Waals surface area contributed by atoms with Crippen LogP contribution in [-0.4, -0.2) is 41.9 Å². The van der Waals surface area contributed by atoms with Gasteiger partial charge in [0, 0.05) is 12.1 Å². The summed E-state index contributed by atoms with van der Waals surface area (Å²) in [6.07, 6.45) is 0. The van der Waals surface area contributed by atoms with Crippen LogP contribution in [0.25, 0.3) is 5.76 Å². The highest BCUT2D eigenvalue weighted by Gasteiger charge is 2.46. The van der Waals surface area contributed by atoms with Gasteiger partial charge in [-0.05, 0) is 47.9 Å². The molecule has 1 atom stereocenters. The minimum atomic E-state index is -0.789. The van der Waals surface area contributed by atoms with Crippen molar-refractivity contribution in [2.45, 2.75) is 19.5 Å². The Morgan fingerprint density at radius 2 is 1.66 bits per heavy atom. The third-order valence-electron chi connectivity index (χ3n) is 6.09. The Morgan fingerprint density at radius 3 is 2.31 bits per heavy atom. The number of ether oxygens (including phenoxy) is 2. The van der Waals surface area contributed by atoms with Crippen LogP contribution in [0.15, 0.2) is 78.4 Å². The van der Waals surface area contributed by atoms with Gasteiger partial charge >= 0.3 is 5.97 Å². The van der Waals surface area contributed by atoms with Crippen LogP contribution < -0.4 is 4.74 Å². The first-order valence-electron chi connectivity index (χ1n) is 11.0. The van der Waals surface area contributed by atoms with Crippen molar-refractivity contribution in [2.24, 2.45) is 0 Å². The second-order valence-corrected chi connectivity index (χ2v) is 8.20. The minimum Gasteiger partial charge on any atom is -0.507 e. The Bertz CT molecular complexity index is 1330. The number of carbonyl (C=O) groups excluding carboxylic acids is 3. The first-order valence-corrected chi connectivity index (χ1v) is 11.0. The first-order chi connectivity index (χ1) is 16.8. The van der Waals surface area contributed by atoms with Gasteiger partial charge in [0.1, 0.15) is 11.5 Å². The van der Waals surface area contributed by atoms with E-state index in [-0.39, 0.29) is 17.9 Å². The zero-order valence-corrected chi connectivity index (χ0v) is 19.6. The van der Waals surface area contributed by atoms with Gasteiger partial charge in [0.15, 0.2) is 0 Å². The molecule has 0 radical (unpaired) electrons. The summed E-state index contributed by atoms with van der Waals surface area (Å²) >= 11 is 0. The van der Waals surface area contributed by atoms with E-state index >= 15 is 0 Å². The number of nitrogens with zero attached hydrogens (tertiary/aromatic N) is 1. The number of Topliss-reactive ketones (excluding diaryl/α,β-unsaturated/α-hetero) is 1. The van der Waals surface area contributed by atoms with E-state index in [1.807, 2.05) is 31.2 Å². The molecule has 0 aromatic heterocycles. The van der Waals surface area contributed by atoms with Crippen molar-refractivity contribution in [1.29, 1.82) is 0 Å². The lowest BCUT2D eigenvalue weighted by Crippen LogP contribution is -2.29. The second kappa shape index (κ2) is 9.85. The second-order valence-electron chi connectivity index (χ2n) is 8.20. The highest BCUT2D eigenvalue weighted by atomic mass is 16.5. The number of carbonyl (C=O) groups is 3. The van der Waals surface area contributed by atoms with Crippen molar-refractivity contribution in [2.75, 3.05) is 14.2 Å². The SMILES string of the molecule is COC(=O)c1ccc(CN2C(=O)C(=O)/C(=C(/O)c3cccc(OC)c3)C2c2ccccc2C)cc1. The van der Waals surface area contributed by atoms with E-state index in [2.05, 4.69) is 0 Å². The molecule has 35 heavy (non-hydrogen) atoms. The number of hydrogen-bond donors (Lipinski definition) is 1. The van der Waals surface area contributed by atoms with Crippen LogP contribution in [0.2, 0.25) is 0 Å². The van der Waals surface area contributed by atoms with E-state index < -0.39 is 23.7 Å². The summed E-state index contributed by atoms with van der Waals surface area (Å²) in [7, 11) is 2.82. The average molecular weight is 472 g/mol. The Labute approximate surface area is 203 Å². The lowest BCUT2D eigenvalue weighted by Gasteiger charge is -2.26. The third-order valence-corrected chi connectivity index (χ3v) is 6.09. The molecule has 1 heterocycles. The van der Waals surface area contributed by atoms with E-state index in [9.17, 15) is 19.5 Å². The molecule has 0 aliphatic carbocycles. The number of rotatable bonds is 6. The summed E-state index contributed by atoms with van der Waals surface area (Å²) in [6.45, 7) is 2.01.